The molecule has 7 nitrogen and oxygen atoms in total. The molecule has 0 fully saturated rings. The van der Waals surface area contributed by atoms with Gasteiger partial charge in [-0.3, -0.25) is 4.79 Å². The standard InChI is InChI=1S/C24H28N2O5S/c1-24(2,22(28)29)26(3)21(27)15-32-13-12-25-23(30)31-14-20-18-10-6-4-8-16(18)17-9-5-7-11-19(17)20/h4-11,20H,12-15H2,1-3H3,(H,25,30)(H,28,29). The number of rotatable bonds is 9. The third-order valence-electron chi connectivity index (χ3n) is 5.82. The number of carboxylic acids is 1. The predicted molar refractivity (Wildman–Crippen MR) is 125 cm³/mol. The van der Waals surface area contributed by atoms with Gasteiger partial charge < -0.3 is 20.1 Å². The van der Waals surface area contributed by atoms with E-state index in [1.54, 1.807) is 0 Å². The van der Waals surface area contributed by atoms with Gasteiger partial charge >= 0.3 is 12.1 Å². The smallest absolute Gasteiger partial charge is 0.407 e. The van der Waals surface area contributed by atoms with Gasteiger partial charge in [0.1, 0.15) is 12.1 Å². The minimum Gasteiger partial charge on any atom is -0.480 e. The van der Waals surface area contributed by atoms with Crippen LogP contribution in [0, 0.1) is 0 Å². The molecule has 2 aromatic rings. The Balaban J connectivity index is 1.41. The molecule has 2 N–H and O–H groups in total. The summed E-state index contributed by atoms with van der Waals surface area (Å²) in [4.78, 5) is 36.8. The van der Waals surface area contributed by atoms with Crippen LogP contribution in [-0.2, 0) is 14.3 Å². The molecule has 0 heterocycles. The van der Waals surface area contributed by atoms with Crippen molar-refractivity contribution in [2.75, 3.05) is 31.7 Å². The van der Waals surface area contributed by atoms with E-state index in [4.69, 9.17) is 4.74 Å². The molecule has 1 aliphatic rings. The third kappa shape index (κ3) is 5.07. The van der Waals surface area contributed by atoms with Gasteiger partial charge in [-0.2, -0.15) is 11.8 Å². The first kappa shape index (κ1) is 23.7. The first-order valence-corrected chi connectivity index (χ1v) is 11.6. The van der Waals surface area contributed by atoms with Crippen LogP contribution in [0.1, 0.15) is 30.9 Å². The van der Waals surface area contributed by atoms with Crippen molar-refractivity contribution in [3.8, 4) is 11.1 Å². The highest BCUT2D eigenvalue weighted by Gasteiger charge is 2.34. The van der Waals surface area contributed by atoms with Crippen LogP contribution in [0.15, 0.2) is 48.5 Å². The van der Waals surface area contributed by atoms with Gasteiger partial charge in [0.25, 0.3) is 0 Å². The van der Waals surface area contributed by atoms with Crippen molar-refractivity contribution >= 4 is 29.7 Å². The molecule has 3 rings (SSSR count). The molecule has 2 amide bonds. The number of hydrogen-bond acceptors (Lipinski definition) is 5. The van der Waals surface area contributed by atoms with Crippen LogP contribution in [0.2, 0.25) is 0 Å². The van der Waals surface area contributed by atoms with E-state index in [0.717, 1.165) is 11.1 Å². The zero-order chi connectivity index (χ0) is 23.3. The monoisotopic (exact) mass is 456 g/mol. The van der Waals surface area contributed by atoms with Crippen molar-refractivity contribution in [2.45, 2.75) is 25.3 Å². The zero-order valence-corrected chi connectivity index (χ0v) is 19.3. The summed E-state index contributed by atoms with van der Waals surface area (Å²) in [5.41, 5.74) is 3.40. The molecule has 170 valence electrons. The maximum atomic E-state index is 12.2. The second kappa shape index (κ2) is 10.1. The van der Waals surface area contributed by atoms with E-state index in [1.165, 1.54) is 48.7 Å². The quantitative estimate of drug-likeness (QED) is 0.560. The molecule has 0 atom stereocenters. The average molecular weight is 457 g/mol. The SMILES string of the molecule is CN(C(=O)CSCCNC(=O)OCC1c2ccccc2-c2ccccc21)C(C)(C)C(=O)O. The lowest BCUT2D eigenvalue weighted by atomic mass is 9.98. The Bertz CT molecular complexity index is 962. The fraction of sp³-hybridized carbons (Fsp3) is 0.375. The van der Waals surface area contributed by atoms with Gasteiger partial charge in [-0.1, -0.05) is 48.5 Å². The van der Waals surface area contributed by atoms with Gasteiger partial charge in [-0.15, -0.1) is 0 Å². The van der Waals surface area contributed by atoms with Crippen molar-refractivity contribution in [2.24, 2.45) is 0 Å². The van der Waals surface area contributed by atoms with Crippen LogP contribution in [0.3, 0.4) is 0 Å². The first-order valence-electron chi connectivity index (χ1n) is 10.4. The molecule has 32 heavy (non-hydrogen) atoms. The molecule has 0 saturated carbocycles. The second-order valence-electron chi connectivity index (χ2n) is 8.12. The molecule has 0 aromatic heterocycles. The Hall–Kier alpha value is -3.00. The summed E-state index contributed by atoms with van der Waals surface area (Å²) >= 11 is 1.33. The maximum absolute atomic E-state index is 12.2. The maximum Gasteiger partial charge on any atom is 0.407 e. The molecule has 0 bridgehead atoms. The van der Waals surface area contributed by atoms with Gasteiger partial charge in [0.2, 0.25) is 5.91 Å². The number of nitrogens with zero attached hydrogens (tertiary/aromatic N) is 1. The summed E-state index contributed by atoms with van der Waals surface area (Å²) in [6.07, 6.45) is -0.497. The number of nitrogens with one attached hydrogen (secondary N) is 1. The van der Waals surface area contributed by atoms with E-state index in [0.29, 0.717) is 12.3 Å². The fourth-order valence-electron chi connectivity index (χ4n) is 3.59. The number of aliphatic carboxylic acids is 1. The lowest BCUT2D eigenvalue weighted by Gasteiger charge is -2.31. The predicted octanol–water partition coefficient (Wildman–Crippen LogP) is 3.58. The minimum atomic E-state index is -1.27. The number of thioether (sulfide) groups is 1. The minimum absolute atomic E-state index is 0.00766. The number of alkyl carbamates (subject to hydrolysis) is 1. The summed E-state index contributed by atoms with van der Waals surface area (Å²) in [5, 5.41) is 11.9. The van der Waals surface area contributed by atoms with Gasteiger partial charge in [-0.25, -0.2) is 9.59 Å². The Kier molecular flexibility index (Phi) is 7.45. The van der Waals surface area contributed by atoms with Crippen LogP contribution in [0.4, 0.5) is 4.79 Å². The molecular formula is C24H28N2O5S. The average Bonchev–Trinajstić information content (AvgIpc) is 3.10. The summed E-state index contributed by atoms with van der Waals surface area (Å²) in [6, 6.07) is 16.3. The highest BCUT2D eigenvalue weighted by atomic mass is 32.2. The van der Waals surface area contributed by atoms with E-state index in [2.05, 4.69) is 29.6 Å². The largest absolute Gasteiger partial charge is 0.480 e. The molecule has 0 radical (unpaired) electrons. The molecule has 2 aromatic carbocycles. The Morgan fingerprint density at radius 3 is 2.19 bits per heavy atom. The van der Waals surface area contributed by atoms with E-state index < -0.39 is 17.6 Å². The highest BCUT2D eigenvalue weighted by Crippen LogP contribution is 2.44. The normalized spacial score (nSPS) is 12.6. The third-order valence-corrected chi connectivity index (χ3v) is 6.76. The Morgan fingerprint density at radius 1 is 1.06 bits per heavy atom. The topological polar surface area (TPSA) is 95.9 Å². The van der Waals surface area contributed by atoms with Gasteiger partial charge in [0.15, 0.2) is 0 Å². The van der Waals surface area contributed by atoms with Crippen molar-refractivity contribution in [1.29, 1.82) is 0 Å². The number of hydrogen-bond donors (Lipinski definition) is 2. The summed E-state index contributed by atoms with van der Waals surface area (Å²) < 4.78 is 5.48. The van der Waals surface area contributed by atoms with Crippen LogP contribution in [0.25, 0.3) is 11.1 Å². The molecule has 1 aliphatic carbocycles. The fourth-order valence-corrected chi connectivity index (χ4v) is 4.35. The number of fused-ring (bicyclic) bond motifs is 3. The zero-order valence-electron chi connectivity index (χ0n) is 18.5. The molecular weight excluding hydrogens is 428 g/mol. The van der Waals surface area contributed by atoms with Gasteiger partial charge in [0, 0.05) is 25.3 Å². The summed E-state index contributed by atoms with van der Waals surface area (Å²) in [6.45, 7) is 3.56. The van der Waals surface area contributed by atoms with Crippen LogP contribution in [0.5, 0.6) is 0 Å². The van der Waals surface area contributed by atoms with E-state index in [9.17, 15) is 19.5 Å². The second-order valence-corrected chi connectivity index (χ2v) is 9.23. The summed E-state index contributed by atoms with van der Waals surface area (Å²) in [7, 11) is 1.48. The van der Waals surface area contributed by atoms with Crippen molar-refractivity contribution in [3.05, 3.63) is 59.7 Å². The van der Waals surface area contributed by atoms with Crippen LogP contribution < -0.4 is 5.32 Å². The molecule has 0 aliphatic heterocycles. The number of benzene rings is 2. The molecule has 0 spiro atoms. The lowest BCUT2D eigenvalue weighted by molar-refractivity contribution is -0.154. The first-order chi connectivity index (χ1) is 15.2. The van der Waals surface area contributed by atoms with Gasteiger partial charge in [-0.05, 0) is 36.1 Å². The number of carbonyl (C=O) groups excluding carboxylic acids is 2. The van der Waals surface area contributed by atoms with E-state index in [1.807, 2.05) is 24.3 Å². The lowest BCUT2D eigenvalue weighted by Crippen LogP contribution is -2.51. The van der Waals surface area contributed by atoms with Gasteiger partial charge in [0.05, 0.1) is 5.75 Å². The van der Waals surface area contributed by atoms with Crippen molar-refractivity contribution < 1.29 is 24.2 Å². The van der Waals surface area contributed by atoms with E-state index >= 15 is 0 Å². The highest BCUT2D eigenvalue weighted by molar-refractivity contribution is 7.99. The molecule has 0 saturated heterocycles. The van der Waals surface area contributed by atoms with Crippen LogP contribution in [-0.4, -0.2) is 65.2 Å². The molecule has 8 heteroatoms. The van der Waals surface area contributed by atoms with Crippen molar-refractivity contribution in [1.82, 2.24) is 10.2 Å². The number of carbonyl (C=O) groups is 3. The number of amides is 2. The Morgan fingerprint density at radius 2 is 1.62 bits per heavy atom. The van der Waals surface area contributed by atoms with Crippen LogP contribution >= 0.6 is 11.8 Å². The number of carboxylic acid groups (broad SMARTS) is 1. The number of likely N-dealkylation sites (N-methyl/N-ethyl adjacent to an activating group) is 1. The number of ether oxygens (including phenoxy) is 1. The molecule has 0 unspecified atom stereocenters. The Labute approximate surface area is 192 Å². The van der Waals surface area contributed by atoms with E-state index in [-0.39, 0.29) is 24.2 Å². The summed E-state index contributed by atoms with van der Waals surface area (Å²) in [5.74, 6) is -0.677. The van der Waals surface area contributed by atoms with Crippen molar-refractivity contribution in [3.63, 3.8) is 0 Å².